The van der Waals surface area contributed by atoms with Crippen molar-refractivity contribution in [3.05, 3.63) is 59.7 Å². The lowest BCUT2D eigenvalue weighted by atomic mass is 9.82. The van der Waals surface area contributed by atoms with Crippen LogP contribution in [-0.4, -0.2) is 91.3 Å². The Balaban J connectivity index is 1.54. The van der Waals surface area contributed by atoms with Gasteiger partial charge in [0.15, 0.2) is 0 Å². The lowest BCUT2D eigenvalue weighted by Crippen LogP contribution is -2.54. The minimum Gasteiger partial charge on any atom is -0.508 e. The third kappa shape index (κ3) is 8.41. The molecule has 1 aliphatic carbocycles. The summed E-state index contributed by atoms with van der Waals surface area (Å²) in [7, 11) is 0.773. The van der Waals surface area contributed by atoms with Crippen molar-refractivity contribution in [2.75, 3.05) is 34.4 Å². The first-order chi connectivity index (χ1) is 20.3. The largest absolute Gasteiger partial charge is 0.508 e. The summed E-state index contributed by atoms with van der Waals surface area (Å²) in [6.07, 6.45) is 3.53. The minimum atomic E-state index is -3.86. The van der Waals surface area contributed by atoms with E-state index in [9.17, 15) is 18.3 Å². The number of hydrogen-bond donors (Lipinski definition) is 1. The quantitative estimate of drug-likeness (QED) is 0.394. The van der Waals surface area contributed by atoms with E-state index < -0.39 is 34.0 Å². The number of benzene rings is 2. The van der Waals surface area contributed by atoms with Gasteiger partial charge in [0.2, 0.25) is 0 Å². The van der Waals surface area contributed by atoms with Crippen LogP contribution in [0.1, 0.15) is 69.9 Å². The highest BCUT2D eigenvalue weighted by Gasteiger charge is 2.46. The third-order valence-corrected chi connectivity index (χ3v) is 10.2. The molecule has 43 heavy (non-hydrogen) atoms. The molecule has 1 N–H and O–H groups in total. The Morgan fingerprint density at radius 3 is 2.28 bits per heavy atom. The average Bonchev–Trinajstić information content (AvgIpc) is 3.38. The molecule has 0 aromatic heterocycles. The standard InChI is InChI=1S/C32H47N3O7S/c1-32(2,3)42-31(37)34-19-18-29(35(43(38,39)33(4)5)21-23-10-14-27(40-6)15-11-23)30(34)22-41-28-16-12-24(13-17-28)25-8-7-9-26(36)20-25/h7-11,14-15,20,24,28-30,36H,12-13,16-19,21-22H2,1-6H3/t24?,28?,29-,30-/m0/s1. The summed E-state index contributed by atoms with van der Waals surface area (Å²) in [5.41, 5.74) is 1.25. The van der Waals surface area contributed by atoms with Crippen LogP contribution >= 0.6 is 0 Å². The zero-order valence-corrected chi connectivity index (χ0v) is 27.0. The van der Waals surface area contributed by atoms with Gasteiger partial charge in [-0.1, -0.05) is 24.3 Å². The van der Waals surface area contributed by atoms with Gasteiger partial charge in [-0.05, 0) is 94.2 Å². The number of carbonyl (C=O) groups excluding carboxylic acids is 1. The van der Waals surface area contributed by atoms with Crippen molar-refractivity contribution in [3.63, 3.8) is 0 Å². The number of ether oxygens (including phenoxy) is 3. The zero-order valence-electron chi connectivity index (χ0n) is 26.2. The smallest absolute Gasteiger partial charge is 0.410 e. The molecule has 4 rings (SSSR count). The molecule has 1 saturated heterocycles. The number of phenolic OH excluding ortho intramolecular Hbond substituents is 1. The summed E-state index contributed by atoms with van der Waals surface area (Å²) in [6, 6.07) is 13.7. The van der Waals surface area contributed by atoms with Gasteiger partial charge in [0.1, 0.15) is 17.1 Å². The first kappa shape index (κ1) is 33.0. The minimum absolute atomic E-state index is 0.00390. The van der Waals surface area contributed by atoms with E-state index in [-0.39, 0.29) is 25.0 Å². The van der Waals surface area contributed by atoms with Crippen molar-refractivity contribution in [2.45, 2.75) is 89.1 Å². The van der Waals surface area contributed by atoms with Crippen molar-refractivity contribution in [1.29, 1.82) is 0 Å². The molecular formula is C32H47N3O7S. The number of hydrogen-bond acceptors (Lipinski definition) is 7. The van der Waals surface area contributed by atoms with Crippen LogP contribution in [0.25, 0.3) is 0 Å². The third-order valence-electron chi connectivity index (χ3n) is 8.28. The molecule has 0 unspecified atom stereocenters. The van der Waals surface area contributed by atoms with Crippen LogP contribution in [0.5, 0.6) is 11.5 Å². The molecule has 2 aromatic rings. The number of rotatable bonds is 10. The fourth-order valence-corrected chi connectivity index (χ4v) is 7.31. The van der Waals surface area contributed by atoms with Gasteiger partial charge < -0.3 is 24.2 Å². The van der Waals surface area contributed by atoms with E-state index in [0.717, 1.165) is 36.8 Å². The number of nitrogens with zero attached hydrogens (tertiary/aromatic N) is 3. The van der Waals surface area contributed by atoms with Crippen LogP contribution in [0, 0.1) is 0 Å². The Bertz CT molecular complexity index is 1320. The van der Waals surface area contributed by atoms with Gasteiger partial charge in [-0.25, -0.2) is 4.79 Å². The fourth-order valence-electron chi connectivity index (χ4n) is 5.99. The van der Waals surface area contributed by atoms with Crippen LogP contribution in [0.15, 0.2) is 48.5 Å². The second kappa shape index (κ2) is 13.8. The van der Waals surface area contributed by atoms with E-state index in [1.54, 1.807) is 18.1 Å². The second-order valence-corrected chi connectivity index (χ2v) is 14.8. The maximum atomic E-state index is 13.7. The molecule has 1 saturated carbocycles. The van der Waals surface area contributed by atoms with E-state index in [1.807, 2.05) is 57.2 Å². The molecular weight excluding hydrogens is 570 g/mol. The Kier molecular flexibility index (Phi) is 10.6. The number of phenols is 1. The number of carbonyl (C=O) groups is 1. The number of aromatic hydroxyl groups is 1. The fraction of sp³-hybridized carbons (Fsp3) is 0.594. The summed E-state index contributed by atoms with van der Waals surface area (Å²) >= 11 is 0. The molecule has 2 aromatic carbocycles. The lowest BCUT2D eigenvalue weighted by Gasteiger charge is -2.37. The molecule has 0 radical (unpaired) electrons. The van der Waals surface area contributed by atoms with Crippen LogP contribution in [0.4, 0.5) is 4.79 Å². The van der Waals surface area contributed by atoms with E-state index >= 15 is 0 Å². The Morgan fingerprint density at radius 1 is 1.02 bits per heavy atom. The first-order valence-corrected chi connectivity index (χ1v) is 16.4. The molecule has 1 aliphatic heterocycles. The van der Waals surface area contributed by atoms with Crippen LogP contribution in [0.3, 0.4) is 0 Å². The maximum absolute atomic E-state index is 13.7. The Morgan fingerprint density at radius 2 is 1.70 bits per heavy atom. The predicted molar refractivity (Wildman–Crippen MR) is 165 cm³/mol. The monoisotopic (exact) mass is 617 g/mol. The van der Waals surface area contributed by atoms with Gasteiger partial charge in [0, 0.05) is 27.2 Å². The van der Waals surface area contributed by atoms with Crippen molar-refractivity contribution in [1.82, 2.24) is 13.5 Å². The van der Waals surface area contributed by atoms with Gasteiger partial charge in [0.05, 0.1) is 31.9 Å². The Labute approximate surface area is 256 Å². The Hall–Kier alpha value is -2.86. The van der Waals surface area contributed by atoms with Crippen molar-refractivity contribution in [2.24, 2.45) is 0 Å². The van der Waals surface area contributed by atoms with Crippen LogP contribution < -0.4 is 4.74 Å². The highest BCUT2D eigenvalue weighted by molar-refractivity contribution is 7.86. The molecule has 238 valence electrons. The van der Waals surface area contributed by atoms with Gasteiger partial charge in [-0.15, -0.1) is 0 Å². The number of methoxy groups -OCH3 is 1. The summed E-state index contributed by atoms with van der Waals surface area (Å²) in [5, 5.41) is 9.90. The number of likely N-dealkylation sites (tertiary alicyclic amines) is 1. The average molecular weight is 618 g/mol. The van der Waals surface area contributed by atoms with Crippen molar-refractivity contribution in [3.8, 4) is 11.5 Å². The first-order valence-electron chi connectivity index (χ1n) is 15.0. The highest BCUT2D eigenvalue weighted by atomic mass is 32.2. The van der Waals surface area contributed by atoms with Crippen LogP contribution in [0.2, 0.25) is 0 Å². The van der Waals surface area contributed by atoms with E-state index in [0.29, 0.717) is 24.6 Å². The summed E-state index contributed by atoms with van der Waals surface area (Å²) < 4.78 is 47.7. The van der Waals surface area contributed by atoms with Gasteiger partial charge >= 0.3 is 6.09 Å². The molecule has 2 atom stereocenters. The van der Waals surface area contributed by atoms with Crippen LogP contribution in [-0.2, 0) is 26.2 Å². The van der Waals surface area contributed by atoms with Gasteiger partial charge in [-0.2, -0.15) is 17.0 Å². The lowest BCUT2D eigenvalue weighted by molar-refractivity contribution is -0.0236. The zero-order chi connectivity index (χ0) is 31.4. The number of amides is 1. The summed E-state index contributed by atoms with van der Waals surface area (Å²) in [4.78, 5) is 15.0. The van der Waals surface area contributed by atoms with Gasteiger partial charge in [0.25, 0.3) is 10.2 Å². The molecule has 1 heterocycles. The highest BCUT2D eigenvalue weighted by Crippen LogP contribution is 2.36. The van der Waals surface area contributed by atoms with Crippen molar-refractivity contribution >= 4 is 16.3 Å². The maximum Gasteiger partial charge on any atom is 0.410 e. The SMILES string of the molecule is COc1ccc(CN([C@H]2CCN(C(=O)OC(C)(C)C)[C@H]2COC2CCC(c3cccc(O)c3)CC2)S(=O)(=O)N(C)C)cc1. The predicted octanol–water partition coefficient (Wildman–Crippen LogP) is 5.13. The molecule has 0 spiro atoms. The second-order valence-electron chi connectivity index (χ2n) is 12.7. The van der Waals surface area contributed by atoms with E-state index in [1.165, 1.54) is 22.7 Å². The van der Waals surface area contributed by atoms with Gasteiger partial charge in [-0.3, -0.25) is 0 Å². The summed E-state index contributed by atoms with van der Waals surface area (Å²) in [5.74, 6) is 1.32. The van der Waals surface area contributed by atoms with E-state index in [4.69, 9.17) is 14.2 Å². The normalized spacial score (nSPS) is 23.1. The molecule has 0 bridgehead atoms. The molecule has 10 nitrogen and oxygen atoms in total. The molecule has 1 amide bonds. The summed E-state index contributed by atoms with van der Waals surface area (Å²) in [6.45, 7) is 6.17. The van der Waals surface area contributed by atoms with Crippen molar-refractivity contribution < 1.29 is 32.5 Å². The topological polar surface area (TPSA) is 109 Å². The van der Waals surface area contributed by atoms with E-state index in [2.05, 4.69) is 6.07 Å². The molecule has 11 heteroatoms. The molecule has 2 aliphatic rings. The molecule has 2 fully saturated rings.